The monoisotopic (exact) mass is 1300 g/mol. The molecule has 0 aromatic rings. The third-order valence-corrected chi connectivity index (χ3v) is 22.9. The second-order valence-corrected chi connectivity index (χ2v) is 27.6. The Hall–Kier alpha value is -2.24. The summed E-state index contributed by atoms with van der Waals surface area (Å²) in [6, 6.07) is 0. The Morgan fingerprint density at radius 2 is 1.04 bits per heavy atom. The average molecular weight is 1300 g/mol. The van der Waals surface area contributed by atoms with Gasteiger partial charge in [0.2, 0.25) is 0 Å². The molecule has 31 heteroatoms. The molecule has 0 aromatic heterocycles. The molecule has 7 aliphatic heterocycles. The van der Waals surface area contributed by atoms with Crippen molar-refractivity contribution in [2.45, 2.75) is 271 Å². The molecule has 0 amide bonds. The number of carbonyl (C=O) groups excluding carboxylic acids is 2. The van der Waals surface area contributed by atoms with Crippen LogP contribution in [0.5, 0.6) is 0 Å². The number of esters is 1. The number of rotatable bonds is 17. The summed E-state index contributed by atoms with van der Waals surface area (Å²) in [5.41, 5.74) is -1.74. The zero-order valence-corrected chi connectivity index (χ0v) is 51.0. The molecule has 514 valence electrons. The van der Waals surface area contributed by atoms with Crippen LogP contribution >= 0.6 is 0 Å². The maximum Gasteiger partial charge on any atom is 0.306 e. The number of aliphatic hydroxyl groups is 16. The molecule has 31 nitrogen and oxygen atoms in total. The summed E-state index contributed by atoms with van der Waals surface area (Å²) in [7, 11) is 0. The lowest BCUT2D eigenvalue weighted by Crippen LogP contribution is -2.67. The summed E-state index contributed by atoms with van der Waals surface area (Å²) >= 11 is 0. The molecule has 2 saturated carbocycles. The van der Waals surface area contributed by atoms with Gasteiger partial charge in [0.05, 0.1) is 63.7 Å². The smallest absolute Gasteiger partial charge is 0.306 e. The highest BCUT2D eigenvalue weighted by molar-refractivity contribution is 5.94. The van der Waals surface area contributed by atoms with Gasteiger partial charge >= 0.3 is 5.97 Å². The van der Waals surface area contributed by atoms with Crippen LogP contribution in [0.4, 0.5) is 0 Å². The van der Waals surface area contributed by atoms with Crippen LogP contribution in [0, 0.1) is 33.5 Å². The van der Waals surface area contributed by atoms with Gasteiger partial charge < -0.3 is 143 Å². The Bertz CT molecular complexity index is 2590. The lowest BCUT2D eigenvalue weighted by Gasteiger charge is -2.63. The first-order valence-electron chi connectivity index (χ1n) is 31.3. The summed E-state index contributed by atoms with van der Waals surface area (Å²) in [4.78, 5) is 27.3. The number of aliphatic hydroxyl groups excluding tert-OH is 16. The van der Waals surface area contributed by atoms with E-state index in [0.717, 1.165) is 11.1 Å². The predicted molar refractivity (Wildman–Crippen MR) is 292 cm³/mol. The van der Waals surface area contributed by atoms with E-state index in [2.05, 4.69) is 13.8 Å². The zero-order valence-electron chi connectivity index (χ0n) is 51.0. The van der Waals surface area contributed by atoms with Gasteiger partial charge in [-0.05, 0) is 63.7 Å². The fraction of sp³-hybridized carbons (Fsp3) is 0.932. The van der Waals surface area contributed by atoms with Crippen molar-refractivity contribution in [3.8, 4) is 0 Å². The normalized spacial score (nSPS) is 54.7. The van der Waals surface area contributed by atoms with Gasteiger partial charge in [0.15, 0.2) is 37.7 Å². The number of Topliss-reactive ketones (excluding diaryl/α,β-unsaturated/α-hetero) is 1. The fourth-order valence-corrected chi connectivity index (χ4v) is 17.3. The quantitative estimate of drug-likeness (QED) is 0.0476. The third kappa shape index (κ3) is 11.1. The molecule has 0 bridgehead atoms. The van der Waals surface area contributed by atoms with Gasteiger partial charge in [-0.1, -0.05) is 38.8 Å². The van der Waals surface area contributed by atoms with Crippen LogP contribution in [0.3, 0.4) is 0 Å². The molecule has 0 aromatic carbocycles. The first-order valence-corrected chi connectivity index (χ1v) is 31.3. The number of fused-ring (bicyclic) bond motifs is 5. The highest BCUT2D eigenvalue weighted by atomic mass is 16.8. The minimum absolute atomic E-state index is 0.0512. The van der Waals surface area contributed by atoms with E-state index in [1.807, 2.05) is 20.8 Å². The van der Waals surface area contributed by atoms with E-state index < -0.39 is 232 Å². The lowest BCUT2D eigenvalue weighted by molar-refractivity contribution is -0.399. The van der Waals surface area contributed by atoms with E-state index in [4.69, 9.17) is 61.6 Å². The minimum Gasteiger partial charge on any atom is -0.458 e. The maximum atomic E-state index is 14.5. The minimum atomic E-state index is -2.05. The molecule has 11 aliphatic rings. The highest BCUT2D eigenvalue weighted by Gasteiger charge is 2.76. The van der Waals surface area contributed by atoms with Crippen molar-refractivity contribution in [3.63, 3.8) is 0 Å². The van der Waals surface area contributed by atoms with E-state index in [9.17, 15) is 91.3 Å². The molecule has 7 saturated heterocycles. The Morgan fingerprint density at radius 3 is 1.68 bits per heavy atom. The van der Waals surface area contributed by atoms with E-state index >= 15 is 0 Å². The molecular weight excluding hydrogens is 1200 g/mol. The largest absolute Gasteiger partial charge is 0.458 e. The number of carbonyl (C=O) groups is 2. The first kappa shape index (κ1) is 69.1. The molecule has 35 atom stereocenters. The van der Waals surface area contributed by atoms with Crippen LogP contribution < -0.4 is 0 Å². The van der Waals surface area contributed by atoms with E-state index in [0.29, 0.717) is 38.5 Å². The number of ketones is 1. The number of hydrogen-bond acceptors (Lipinski definition) is 31. The summed E-state index contributed by atoms with van der Waals surface area (Å²) < 4.78 is 78.7. The molecule has 4 aliphatic carbocycles. The van der Waals surface area contributed by atoms with Gasteiger partial charge in [-0.15, -0.1) is 0 Å². The summed E-state index contributed by atoms with van der Waals surface area (Å²) in [6.07, 6.45) is -45.4. The molecule has 7 heterocycles. The molecule has 11 rings (SSSR count). The summed E-state index contributed by atoms with van der Waals surface area (Å²) in [5, 5.41) is 176. The van der Waals surface area contributed by atoms with Crippen molar-refractivity contribution in [2.24, 2.45) is 33.5 Å². The van der Waals surface area contributed by atoms with Crippen LogP contribution in [0.2, 0.25) is 0 Å². The van der Waals surface area contributed by atoms with E-state index in [1.165, 1.54) is 6.92 Å². The van der Waals surface area contributed by atoms with Crippen molar-refractivity contribution >= 4 is 11.8 Å². The van der Waals surface area contributed by atoms with Crippen molar-refractivity contribution in [3.05, 3.63) is 11.1 Å². The van der Waals surface area contributed by atoms with Crippen LogP contribution in [0.1, 0.15) is 92.9 Å². The van der Waals surface area contributed by atoms with E-state index in [-0.39, 0.29) is 43.0 Å². The number of allylic oxidation sites excluding steroid dienone is 2. The predicted octanol–water partition coefficient (Wildman–Crippen LogP) is -6.16. The second kappa shape index (κ2) is 26.0. The van der Waals surface area contributed by atoms with Crippen molar-refractivity contribution in [1.82, 2.24) is 0 Å². The number of ether oxygens (including phenoxy) is 13. The molecule has 1 spiro atoms. The van der Waals surface area contributed by atoms with Crippen LogP contribution in [0.15, 0.2) is 11.1 Å². The standard InChI is InChI=1S/C59H92O31/c1-21-13-33(66)90-59(21)14-31(65)58(6)24-7-8-30-55(3,23(24)9-12-57(58,59)5)11-10-32(56(30,4)20-63)85-50-44(77)41(74)37(70)29(84-50)19-79-52-47(39(72)28(17-62)82-52)88-54-48(45(38(71)27(16-61)83-54)86-49-43(76)40(73)34(67)22(2)80-49)89-53-46(35(68)25(64)18-78-53)87-51-42(75)36(69)26(15-60)81-51/h21-22,25-30,32,34-54,60-64,67-77H,7-20H2,1-6H3/t21-,22-,25-,26-,27-,28-,29-,30-,32+,34-,35-,36-,37-,38-,39-,40+,41+,42+,43+,44-,45+,46+,47+,48-,49-,50+,51+,52-,53+,54+,55-,56-,57+,58-,59+/m1/s1. The first-order chi connectivity index (χ1) is 42.5. The topological polar surface area (TPSA) is 478 Å². The molecule has 0 radical (unpaired) electrons. The zero-order chi connectivity index (χ0) is 65.2. The third-order valence-electron chi connectivity index (χ3n) is 22.9. The molecule has 0 unspecified atom stereocenters. The van der Waals surface area contributed by atoms with Gasteiger partial charge in [-0.3, -0.25) is 9.59 Å². The second-order valence-electron chi connectivity index (χ2n) is 27.6. The lowest BCUT2D eigenvalue weighted by atomic mass is 9.42. The Balaban J connectivity index is 0.825. The van der Waals surface area contributed by atoms with Gasteiger partial charge in [0, 0.05) is 23.2 Å². The molecular formula is C59H92O31. The fourth-order valence-electron chi connectivity index (χ4n) is 17.3. The molecule has 9 fully saturated rings. The SMILES string of the molecule is C[C@@H]1CC(=O)O[C@@]12CC(=O)[C@@]1(C)C3=C(CC[C@@]12C)[C@@]1(C)CC[C@H](O[C@@H]2O[C@H](CO[C@@H]4O[C@H](CO)[C@@H](O)[C@@H]4O[C@@H]4O[C@H](CO)[C@@H](O)[C@H](O[C@H]5O[C@H](C)[C@@H](O)[C@H](O)[C@@H]5O)[C@H]4O[C@@H]4OC[C@@H](O)[C@@H](O)[C@@H]4O[C@@H]4O[C@H](CO)[C@@H](O)[C@@H]4O)[C@@H](O)[C@H](O)[C@H]2O)[C@](C)(CO)[C@@H]1CC3. The van der Waals surface area contributed by atoms with Gasteiger partial charge in [-0.25, -0.2) is 0 Å². The Labute approximate surface area is 518 Å². The molecule has 16 N–H and O–H groups in total. The van der Waals surface area contributed by atoms with Crippen LogP contribution in [0.25, 0.3) is 0 Å². The van der Waals surface area contributed by atoms with Crippen LogP contribution in [-0.2, 0) is 71.2 Å². The van der Waals surface area contributed by atoms with Crippen molar-refractivity contribution in [2.75, 3.05) is 39.6 Å². The van der Waals surface area contributed by atoms with E-state index in [1.54, 1.807) is 0 Å². The maximum absolute atomic E-state index is 14.5. The summed E-state index contributed by atoms with van der Waals surface area (Å²) in [5.74, 6) is -0.614. The van der Waals surface area contributed by atoms with Crippen molar-refractivity contribution < 1.29 is 153 Å². The van der Waals surface area contributed by atoms with Crippen LogP contribution in [-0.4, -0.2) is 311 Å². The summed E-state index contributed by atoms with van der Waals surface area (Å²) in [6.45, 7) is 7.10. The molecule has 90 heavy (non-hydrogen) atoms. The van der Waals surface area contributed by atoms with Gasteiger partial charge in [-0.2, -0.15) is 0 Å². The van der Waals surface area contributed by atoms with Crippen molar-refractivity contribution in [1.29, 1.82) is 0 Å². The number of hydrogen-bond donors (Lipinski definition) is 16. The highest BCUT2D eigenvalue weighted by Crippen LogP contribution is 2.74. The van der Waals surface area contributed by atoms with Gasteiger partial charge in [0.25, 0.3) is 0 Å². The Kier molecular flexibility index (Phi) is 19.9. The average Bonchev–Trinajstić information content (AvgIpc) is 1.43. The Morgan fingerprint density at radius 1 is 0.511 bits per heavy atom. The van der Waals surface area contributed by atoms with Gasteiger partial charge in [0.1, 0.15) is 133 Å².